The zero-order chi connectivity index (χ0) is 15.7. The molecular weight excluding hydrogens is 304 g/mol. The Morgan fingerprint density at radius 3 is 2.77 bits per heavy atom. The van der Waals surface area contributed by atoms with Crippen LogP contribution in [0.3, 0.4) is 0 Å². The van der Waals surface area contributed by atoms with E-state index in [9.17, 15) is 4.79 Å². The minimum absolute atomic E-state index is 0.0221. The molecule has 118 valence electrons. The van der Waals surface area contributed by atoms with Crippen LogP contribution in [0.15, 0.2) is 6.20 Å². The van der Waals surface area contributed by atoms with Gasteiger partial charge in [0.05, 0.1) is 21.7 Å². The smallest absolute Gasteiger partial charge is 0.338 e. The summed E-state index contributed by atoms with van der Waals surface area (Å²) in [5, 5.41) is 14.5. The van der Waals surface area contributed by atoms with Gasteiger partial charge in [-0.2, -0.15) is 5.10 Å². The van der Waals surface area contributed by atoms with E-state index >= 15 is 0 Å². The van der Waals surface area contributed by atoms with Gasteiger partial charge in [0.1, 0.15) is 0 Å². The fraction of sp³-hybridized carbons (Fsp3) is 0.533. The van der Waals surface area contributed by atoms with Crippen LogP contribution in [0.2, 0.25) is 5.02 Å². The van der Waals surface area contributed by atoms with Gasteiger partial charge in [0.25, 0.3) is 0 Å². The molecule has 0 spiro atoms. The van der Waals surface area contributed by atoms with Crippen molar-refractivity contribution in [3.8, 4) is 0 Å². The highest BCUT2D eigenvalue weighted by atomic mass is 35.5. The first-order valence-corrected chi connectivity index (χ1v) is 7.93. The molecule has 6 nitrogen and oxygen atoms in total. The number of aromatic carboxylic acids is 1. The van der Waals surface area contributed by atoms with Crippen LogP contribution >= 0.6 is 11.6 Å². The quantitative estimate of drug-likeness (QED) is 0.916. The topological polar surface area (TPSA) is 71.2 Å². The van der Waals surface area contributed by atoms with E-state index in [4.69, 9.17) is 16.7 Å². The van der Waals surface area contributed by atoms with Crippen LogP contribution in [0.25, 0.3) is 11.0 Å². The lowest BCUT2D eigenvalue weighted by molar-refractivity contribution is 0.0697. The van der Waals surface area contributed by atoms with Gasteiger partial charge in [-0.15, -0.1) is 0 Å². The molecule has 1 aliphatic rings. The van der Waals surface area contributed by atoms with Crippen molar-refractivity contribution in [3.05, 3.63) is 22.5 Å². The number of nitrogens with zero attached hydrogens (tertiary/aromatic N) is 4. The average molecular weight is 323 g/mol. The maximum atomic E-state index is 11.1. The molecule has 1 saturated heterocycles. The van der Waals surface area contributed by atoms with Gasteiger partial charge in [0, 0.05) is 12.7 Å². The van der Waals surface area contributed by atoms with Crippen LogP contribution in [0.4, 0.5) is 0 Å². The van der Waals surface area contributed by atoms with Crippen LogP contribution in [-0.2, 0) is 6.54 Å². The third kappa shape index (κ3) is 2.80. The summed E-state index contributed by atoms with van der Waals surface area (Å²) in [6.45, 7) is 6.02. The Hall–Kier alpha value is -1.66. The molecule has 1 N–H and O–H groups in total. The number of carboxylic acid groups (broad SMARTS) is 1. The average Bonchev–Trinajstić information content (AvgIpc) is 3.08. The summed E-state index contributed by atoms with van der Waals surface area (Å²) in [7, 11) is 0. The fourth-order valence-electron chi connectivity index (χ4n) is 3.03. The van der Waals surface area contributed by atoms with Gasteiger partial charge in [0.15, 0.2) is 5.65 Å². The number of carboxylic acids is 1. The van der Waals surface area contributed by atoms with Gasteiger partial charge < -0.3 is 10.0 Å². The lowest BCUT2D eigenvalue weighted by atomic mass is 10.2. The van der Waals surface area contributed by atoms with E-state index in [-0.39, 0.29) is 10.6 Å². The summed E-state index contributed by atoms with van der Waals surface area (Å²) in [6.07, 6.45) is 4.89. The van der Waals surface area contributed by atoms with Crippen LogP contribution < -0.4 is 0 Å². The Morgan fingerprint density at radius 1 is 1.36 bits per heavy atom. The molecule has 3 rings (SSSR count). The fourth-order valence-corrected chi connectivity index (χ4v) is 3.38. The predicted molar refractivity (Wildman–Crippen MR) is 84.5 cm³/mol. The molecule has 0 unspecified atom stereocenters. The van der Waals surface area contributed by atoms with Gasteiger partial charge in [-0.05, 0) is 45.8 Å². The normalized spacial score (nSPS) is 15.7. The number of hydrogen-bond donors (Lipinski definition) is 1. The van der Waals surface area contributed by atoms with Gasteiger partial charge >= 0.3 is 5.97 Å². The third-order valence-electron chi connectivity index (χ3n) is 4.15. The van der Waals surface area contributed by atoms with Gasteiger partial charge in [-0.1, -0.05) is 11.6 Å². The number of halogens is 1. The van der Waals surface area contributed by atoms with Crippen molar-refractivity contribution in [2.24, 2.45) is 0 Å². The number of aromatic nitrogens is 3. The minimum Gasteiger partial charge on any atom is -0.478 e. The molecule has 0 atom stereocenters. The molecule has 1 fully saturated rings. The molecule has 0 amide bonds. The molecule has 0 aromatic carbocycles. The highest BCUT2D eigenvalue weighted by molar-refractivity contribution is 6.38. The molecule has 7 heteroatoms. The van der Waals surface area contributed by atoms with Crippen LogP contribution in [0.1, 0.15) is 35.3 Å². The number of likely N-dealkylation sites (tertiary alicyclic amines) is 1. The van der Waals surface area contributed by atoms with Gasteiger partial charge in [-0.3, -0.25) is 0 Å². The number of aryl methyl sites for hydroxylation is 2. The lowest BCUT2D eigenvalue weighted by Crippen LogP contribution is -2.21. The molecule has 3 heterocycles. The summed E-state index contributed by atoms with van der Waals surface area (Å²) in [5.74, 6) is -1.07. The zero-order valence-electron chi connectivity index (χ0n) is 12.5. The van der Waals surface area contributed by atoms with E-state index in [1.54, 1.807) is 0 Å². The van der Waals surface area contributed by atoms with Crippen molar-refractivity contribution < 1.29 is 9.90 Å². The van der Waals surface area contributed by atoms with E-state index in [2.05, 4.69) is 15.0 Å². The van der Waals surface area contributed by atoms with E-state index in [1.165, 1.54) is 32.1 Å². The molecule has 2 aromatic heterocycles. The molecule has 1 aliphatic heterocycles. The summed E-state index contributed by atoms with van der Waals surface area (Å²) in [4.78, 5) is 17.9. The first-order chi connectivity index (χ1) is 10.6. The molecular formula is C15H19ClN4O2. The van der Waals surface area contributed by atoms with Gasteiger partial charge in [0.2, 0.25) is 0 Å². The Kier molecular flexibility index (Phi) is 4.31. The number of rotatable bonds is 5. The summed E-state index contributed by atoms with van der Waals surface area (Å²) in [6, 6.07) is 0. The summed E-state index contributed by atoms with van der Waals surface area (Å²) >= 11 is 6.21. The Balaban J connectivity index is 1.81. The van der Waals surface area contributed by atoms with Crippen LogP contribution in [-0.4, -0.2) is 50.4 Å². The summed E-state index contributed by atoms with van der Waals surface area (Å²) in [5.41, 5.74) is 1.40. The maximum absolute atomic E-state index is 11.1. The molecule has 22 heavy (non-hydrogen) atoms. The molecule has 0 saturated carbocycles. The van der Waals surface area contributed by atoms with Crippen molar-refractivity contribution in [3.63, 3.8) is 0 Å². The Bertz CT molecular complexity index is 707. The van der Waals surface area contributed by atoms with E-state index < -0.39 is 5.97 Å². The van der Waals surface area contributed by atoms with E-state index in [0.717, 1.165) is 25.2 Å². The molecule has 0 bridgehead atoms. The number of pyridine rings is 1. The van der Waals surface area contributed by atoms with Crippen molar-refractivity contribution >= 4 is 28.6 Å². The molecule has 2 aromatic rings. The first-order valence-electron chi connectivity index (χ1n) is 7.55. The summed E-state index contributed by atoms with van der Waals surface area (Å²) < 4.78 is 1.83. The third-order valence-corrected chi connectivity index (χ3v) is 4.54. The van der Waals surface area contributed by atoms with Crippen molar-refractivity contribution in [1.82, 2.24) is 19.7 Å². The second-order valence-corrected chi connectivity index (χ2v) is 6.08. The van der Waals surface area contributed by atoms with E-state index in [1.807, 2.05) is 11.6 Å². The lowest BCUT2D eigenvalue weighted by Gasteiger charge is -2.14. The maximum Gasteiger partial charge on any atom is 0.338 e. The number of carbonyl (C=O) groups is 1. The standard InChI is InChI=1S/C15H19ClN4O2/c1-10-12-13(16)11(15(21)22)9-17-14(12)20(18-10)8-4-7-19-5-2-3-6-19/h9H,2-8H2,1H3,(H,21,22). The molecule has 0 aliphatic carbocycles. The second kappa shape index (κ2) is 6.22. The SMILES string of the molecule is Cc1nn(CCCN2CCCC2)c2ncc(C(=O)O)c(Cl)c12. The van der Waals surface area contributed by atoms with E-state index in [0.29, 0.717) is 11.0 Å². The zero-order valence-corrected chi connectivity index (χ0v) is 13.3. The van der Waals surface area contributed by atoms with Crippen LogP contribution in [0.5, 0.6) is 0 Å². The number of hydrogen-bond acceptors (Lipinski definition) is 4. The Morgan fingerprint density at radius 2 is 2.09 bits per heavy atom. The predicted octanol–water partition coefficient (Wildman–Crippen LogP) is 2.58. The van der Waals surface area contributed by atoms with Crippen molar-refractivity contribution in [2.75, 3.05) is 19.6 Å². The highest BCUT2D eigenvalue weighted by Gasteiger charge is 2.19. The first kappa shape index (κ1) is 15.2. The monoisotopic (exact) mass is 322 g/mol. The van der Waals surface area contributed by atoms with Gasteiger partial charge in [-0.25, -0.2) is 14.5 Å². The largest absolute Gasteiger partial charge is 0.478 e. The van der Waals surface area contributed by atoms with Crippen LogP contribution in [0, 0.1) is 6.92 Å². The minimum atomic E-state index is -1.07. The molecule has 0 radical (unpaired) electrons. The van der Waals surface area contributed by atoms with Crippen molar-refractivity contribution in [2.45, 2.75) is 32.7 Å². The van der Waals surface area contributed by atoms with Crippen molar-refractivity contribution in [1.29, 1.82) is 0 Å². The second-order valence-electron chi connectivity index (χ2n) is 5.70. The number of fused-ring (bicyclic) bond motifs is 1. The Labute approximate surface area is 133 Å². The highest BCUT2D eigenvalue weighted by Crippen LogP contribution is 2.28.